The molecule has 11 heteroatoms. The van der Waals surface area contributed by atoms with Gasteiger partial charge in [-0.05, 0) is 29.1 Å². The zero-order valence-electron chi connectivity index (χ0n) is 16.3. The van der Waals surface area contributed by atoms with Crippen molar-refractivity contribution in [2.24, 2.45) is 0 Å². The molecule has 0 aliphatic rings. The molecule has 0 atom stereocenters. The van der Waals surface area contributed by atoms with Crippen molar-refractivity contribution in [2.45, 2.75) is 6.54 Å². The Hall–Kier alpha value is -3.94. The molecule has 1 heterocycles. The number of hydrogen-bond acceptors (Lipinski definition) is 8. The summed E-state index contributed by atoms with van der Waals surface area (Å²) in [5.41, 5.74) is 0.927. The maximum Gasteiger partial charge on any atom is 0.341 e. The molecule has 0 aliphatic heterocycles. The Kier molecular flexibility index (Phi) is 7.38. The van der Waals surface area contributed by atoms with Gasteiger partial charge in [0.05, 0.1) is 16.1 Å². The van der Waals surface area contributed by atoms with Crippen molar-refractivity contribution in [3.8, 4) is 6.07 Å². The lowest BCUT2D eigenvalue weighted by Crippen LogP contribution is -2.21. The summed E-state index contributed by atoms with van der Waals surface area (Å²) in [5.74, 6) is -1.56. The van der Waals surface area contributed by atoms with Crippen LogP contribution in [-0.2, 0) is 16.1 Å². The van der Waals surface area contributed by atoms with Crippen LogP contribution in [0.4, 0.5) is 16.4 Å². The molecule has 0 fully saturated rings. The molecule has 3 aromatic rings. The van der Waals surface area contributed by atoms with E-state index in [1.807, 2.05) is 6.07 Å². The van der Waals surface area contributed by atoms with Gasteiger partial charge in [0.1, 0.15) is 11.1 Å². The van der Waals surface area contributed by atoms with Gasteiger partial charge in [-0.3, -0.25) is 14.9 Å². The number of ether oxygens (including phenoxy) is 1. The lowest BCUT2D eigenvalue weighted by atomic mass is 10.1. The number of nitrogens with zero attached hydrogens (tertiary/aromatic N) is 2. The second-order valence-corrected chi connectivity index (χ2v) is 7.65. The van der Waals surface area contributed by atoms with E-state index in [-0.39, 0.29) is 23.5 Å². The number of thiophene rings is 1. The van der Waals surface area contributed by atoms with Gasteiger partial charge in [0.15, 0.2) is 6.61 Å². The zero-order chi connectivity index (χ0) is 23.1. The highest BCUT2D eigenvalue weighted by Gasteiger charge is 2.20. The molecule has 162 valence electrons. The number of anilines is 2. The number of hydrogen-bond donors (Lipinski definition) is 2. The van der Waals surface area contributed by atoms with Gasteiger partial charge in [0, 0.05) is 29.4 Å². The van der Waals surface area contributed by atoms with E-state index < -0.39 is 23.4 Å². The SMILES string of the molecule is N#Cc1ccsc1NC(=O)COC(=O)c1cc([N+](=O)[O-])ccc1NCc1ccccc1Cl. The molecule has 9 nitrogen and oxygen atoms in total. The fourth-order valence-electron chi connectivity index (χ4n) is 2.67. The van der Waals surface area contributed by atoms with Crippen molar-refractivity contribution >= 4 is 51.2 Å². The summed E-state index contributed by atoms with van der Waals surface area (Å²) in [4.78, 5) is 35.2. The van der Waals surface area contributed by atoms with Crippen LogP contribution >= 0.6 is 22.9 Å². The molecular weight excluding hydrogens is 456 g/mol. The Morgan fingerprint density at radius 2 is 2.00 bits per heavy atom. The van der Waals surface area contributed by atoms with Gasteiger partial charge in [-0.2, -0.15) is 5.26 Å². The number of non-ortho nitro benzene ring substituents is 1. The van der Waals surface area contributed by atoms with E-state index in [1.54, 1.807) is 35.7 Å². The maximum atomic E-state index is 12.6. The first-order valence-corrected chi connectivity index (χ1v) is 10.3. The van der Waals surface area contributed by atoms with Gasteiger partial charge >= 0.3 is 5.97 Å². The minimum absolute atomic E-state index is 0.104. The molecule has 1 amide bonds. The van der Waals surface area contributed by atoms with Crippen LogP contribution in [0, 0.1) is 21.4 Å². The number of nitriles is 1. The van der Waals surface area contributed by atoms with Crippen LogP contribution in [0.5, 0.6) is 0 Å². The van der Waals surface area contributed by atoms with Gasteiger partial charge in [0.2, 0.25) is 0 Å². The highest BCUT2D eigenvalue weighted by atomic mass is 35.5. The molecule has 0 radical (unpaired) electrons. The number of nitro benzene ring substituents is 1. The number of halogens is 1. The van der Waals surface area contributed by atoms with Crippen molar-refractivity contribution in [3.63, 3.8) is 0 Å². The number of amides is 1. The second-order valence-electron chi connectivity index (χ2n) is 6.33. The lowest BCUT2D eigenvalue weighted by Gasteiger charge is -2.12. The van der Waals surface area contributed by atoms with E-state index in [0.29, 0.717) is 15.6 Å². The van der Waals surface area contributed by atoms with E-state index in [2.05, 4.69) is 10.6 Å². The van der Waals surface area contributed by atoms with Crippen LogP contribution in [0.15, 0.2) is 53.9 Å². The Balaban J connectivity index is 1.72. The molecule has 0 spiro atoms. The predicted octanol–water partition coefficient (Wildman–Crippen LogP) is 4.59. The first-order valence-electron chi connectivity index (χ1n) is 9.09. The number of carbonyl (C=O) groups is 2. The quantitative estimate of drug-likeness (QED) is 0.279. The molecule has 0 saturated carbocycles. The first kappa shape index (κ1) is 22.7. The number of nitrogens with one attached hydrogen (secondary N) is 2. The number of nitro groups is 1. The number of rotatable bonds is 8. The minimum atomic E-state index is -0.919. The molecule has 0 saturated heterocycles. The van der Waals surface area contributed by atoms with Gasteiger partial charge in [0.25, 0.3) is 11.6 Å². The third-order valence-corrected chi connectivity index (χ3v) is 5.43. The van der Waals surface area contributed by atoms with Crippen LogP contribution in [0.25, 0.3) is 0 Å². The smallest absolute Gasteiger partial charge is 0.341 e. The van der Waals surface area contributed by atoms with Gasteiger partial charge < -0.3 is 15.4 Å². The van der Waals surface area contributed by atoms with Crippen LogP contribution in [0.3, 0.4) is 0 Å². The Morgan fingerprint density at radius 1 is 1.22 bits per heavy atom. The Bertz CT molecular complexity index is 1220. The van der Waals surface area contributed by atoms with E-state index in [4.69, 9.17) is 21.6 Å². The minimum Gasteiger partial charge on any atom is -0.452 e. The average molecular weight is 471 g/mol. The fraction of sp³-hybridized carbons (Fsp3) is 0.0952. The summed E-state index contributed by atoms with van der Waals surface area (Å²) >= 11 is 7.30. The third kappa shape index (κ3) is 5.60. The average Bonchev–Trinajstić information content (AvgIpc) is 3.23. The summed E-state index contributed by atoms with van der Waals surface area (Å²) < 4.78 is 5.05. The van der Waals surface area contributed by atoms with Crippen LogP contribution in [-0.4, -0.2) is 23.4 Å². The molecular formula is C21H15ClN4O5S. The van der Waals surface area contributed by atoms with Crippen LogP contribution in [0.2, 0.25) is 5.02 Å². The predicted molar refractivity (Wildman–Crippen MR) is 120 cm³/mol. The molecule has 1 aromatic heterocycles. The standard InChI is InChI=1S/C21H15ClN4O5S/c22-17-4-2-1-3-14(17)11-24-18-6-5-15(26(29)30)9-16(18)21(28)31-12-19(27)25-20-13(10-23)7-8-32-20/h1-9,24H,11-12H2,(H,25,27). The molecule has 32 heavy (non-hydrogen) atoms. The van der Waals surface area contributed by atoms with Crippen molar-refractivity contribution in [1.82, 2.24) is 0 Å². The Morgan fingerprint density at radius 3 is 2.72 bits per heavy atom. The van der Waals surface area contributed by atoms with Gasteiger partial charge in [-0.15, -0.1) is 11.3 Å². The summed E-state index contributed by atoms with van der Waals surface area (Å²) in [7, 11) is 0. The van der Waals surface area contributed by atoms with Crippen LogP contribution in [0.1, 0.15) is 21.5 Å². The zero-order valence-corrected chi connectivity index (χ0v) is 17.9. The summed E-state index contributed by atoms with van der Waals surface area (Å²) in [6.45, 7) is -0.373. The largest absolute Gasteiger partial charge is 0.452 e. The fourth-order valence-corrected chi connectivity index (χ4v) is 3.62. The van der Waals surface area contributed by atoms with E-state index in [1.165, 1.54) is 12.1 Å². The topological polar surface area (TPSA) is 134 Å². The molecule has 2 N–H and O–H groups in total. The third-order valence-electron chi connectivity index (χ3n) is 4.23. The van der Waals surface area contributed by atoms with Crippen LogP contribution < -0.4 is 10.6 Å². The summed E-state index contributed by atoms with van der Waals surface area (Å²) in [6.07, 6.45) is 0. The van der Waals surface area contributed by atoms with Crippen molar-refractivity contribution in [2.75, 3.05) is 17.2 Å². The molecule has 0 bridgehead atoms. The lowest BCUT2D eigenvalue weighted by molar-refractivity contribution is -0.384. The summed E-state index contributed by atoms with van der Waals surface area (Å²) in [5, 5.41) is 28.1. The van der Waals surface area contributed by atoms with E-state index in [9.17, 15) is 19.7 Å². The van der Waals surface area contributed by atoms with E-state index >= 15 is 0 Å². The molecule has 3 rings (SSSR count). The molecule has 0 aliphatic carbocycles. The first-order chi connectivity index (χ1) is 15.4. The maximum absolute atomic E-state index is 12.6. The highest BCUT2D eigenvalue weighted by molar-refractivity contribution is 7.14. The van der Waals surface area contributed by atoms with Gasteiger partial charge in [-0.1, -0.05) is 29.8 Å². The Labute approximate surface area is 191 Å². The monoisotopic (exact) mass is 470 g/mol. The highest BCUT2D eigenvalue weighted by Crippen LogP contribution is 2.25. The number of esters is 1. The normalized spacial score (nSPS) is 10.1. The molecule has 0 unspecified atom stereocenters. The van der Waals surface area contributed by atoms with Crippen molar-refractivity contribution in [1.29, 1.82) is 5.26 Å². The second kappa shape index (κ2) is 10.4. The van der Waals surface area contributed by atoms with Gasteiger partial charge in [-0.25, -0.2) is 4.79 Å². The van der Waals surface area contributed by atoms with Crippen molar-refractivity contribution in [3.05, 3.63) is 85.7 Å². The molecule has 2 aromatic carbocycles. The number of carbonyl (C=O) groups excluding carboxylic acids is 2. The van der Waals surface area contributed by atoms with E-state index in [0.717, 1.165) is 23.0 Å². The van der Waals surface area contributed by atoms with Crippen molar-refractivity contribution < 1.29 is 19.2 Å². The number of benzene rings is 2. The summed E-state index contributed by atoms with van der Waals surface area (Å²) in [6, 6.07) is 14.3.